The first-order valence-corrected chi connectivity index (χ1v) is 10.6. The number of rotatable bonds is 7. The number of aromatic carboxylic acids is 1. The first kappa shape index (κ1) is 20.9. The van der Waals surface area contributed by atoms with Gasteiger partial charge in [0.25, 0.3) is 0 Å². The minimum absolute atomic E-state index is 0.284. The summed E-state index contributed by atoms with van der Waals surface area (Å²) in [7, 11) is 0. The van der Waals surface area contributed by atoms with Crippen LogP contribution in [0.1, 0.15) is 27.0 Å². The highest BCUT2D eigenvalue weighted by Crippen LogP contribution is 2.34. The van der Waals surface area contributed by atoms with Crippen LogP contribution < -0.4 is 4.74 Å². The van der Waals surface area contributed by atoms with Crippen LogP contribution in [0.2, 0.25) is 5.02 Å². The van der Waals surface area contributed by atoms with Crippen LogP contribution in [0.25, 0.3) is 0 Å². The molecule has 3 aromatic carbocycles. The molecule has 0 atom stereocenters. The molecule has 0 heterocycles. The Morgan fingerprint density at radius 2 is 1.64 bits per heavy atom. The summed E-state index contributed by atoms with van der Waals surface area (Å²) in [6, 6.07) is 18.6. The van der Waals surface area contributed by atoms with E-state index in [-0.39, 0.29) is 5.56 Å². The van der Waals surface area contributed by atoms with E-state index in [0.29, 0.717) is 11.6 Å². The molecule has 144 valence electrons. The molecule has 0 saturated heterocycles. The molecule has 0 radical (unpaired) electrons. The van der Waals surface area contributed by atoms with E-state index >= 15 is 0 Å². The molecule has 0 spiro atoms. The Hall–Kier alpha value is -1.82. The predicted molar refractivity (Wildman–Crippen MR) is 118 cm³/mol. The van der Waals surface area contributed by atoms with Crippen LogP contribution in [0.5, 0.6) is 5.75 Å². The number of hydrogen-bond donors (Lipinski definition) is 1. The van der Waals surface area contributed by atoms with Gasteiger partial charge < -0.3 is 9.84 Å². The van der Waals surface area contributed by atoms with Crippen molar-refractivity contribution >= 4 is 49.4 Å². The first-order chi connectivity index (χ1) is 13.4. The highest BCUT2D eigenvalue weighted by molar-refractivity contribution is 9.10. The molecule has 0 amide bonds. The average molecular weight is 525 g/mol. The van der Waals surface area contributed by atoms with Gasteiger partial charge in [0, 0.05) is 15.1 Å². The number of carboxylic acid groups (broad SMARTS) is 1. The largest absolute Gasteiger partial charge is 0.487 e. The Balaban J connectivity index is 1.76. The fourth-order valence-electron chi connectivity index (χ4n) is 2.82. The molecule has 3 aromatic rings. The van der Waals surface area contributed by atoms with Crippen molar-refractivity contribution in [3.05, 3.63) is 96.9 Å². The Morgan fingerprint density at radius 1 is 0.929 bits per heavy atom. The van der Waals surface area contributed by atoms with Gasteiger partial charge in [-0.3, -0.25) is 0 Å². The monoisotopic (exact) mass is 522 g/mol. The van der Waals surface area contributed by atoms with Crippen molar-refractivity contribution in [3.8, 4) is 5.75 Å². The summed E-state index contributed by atoms with van der Waals surface area (Å²) < 4.78 is 7.92. The molecule has 0 aliphatic heterocycles. The van der Waals surface area contributed by atoms with E-state index in [1.54, 1.807) is 12.1 Å². The Morgan fingerprint density at radius 3 is 2.32 bits per heavy atom. The van der Waals surface area contributed by atoms with E-state index in [4.69, 9.17) is 21.4 Å². The van der Waals surface area contributed by atoms with Crippen molar-refractivity contribution in [2.75, 3.05) is 0 Å². The maximum absolute atomic E-state index is 11.0. The fraction of sp³-hybridized carbons (Fsp3) is 0.136. The summed E-state index contributed by atoms with van der Waals surface area (Å²) in [6.07, 6.45) is 1.47. The summed E-state index contributed by atoms with van der Waals surface area (Å²) >= 11 is 13.3. The quantitative estimate of drug-likeness (QED) is 0.365. The third-order valence-corrected chi connectivity index (χ3v) is 5.88. The minimum atomic E-state index is -0.923. The van der Waals surface area contributed by atoms with Gasteiger partial charge in [-0.1, -0.05) is 57.9 Å². The van der Waals surface area contributed by atoms with Gasteiger partial charge in [0.15, 0.2) is 0 Å². The van der Waals surface area contributed by atoms with Crippen molar-refractivity contribution in [1.29, 1.82) is 0 Å². The maximum Gasteiger partial charge on any atom is 0.335 e. The van der Waals surface area contributed by atoms with Crippen LogP contribution in [0.4, 0.5) is 0 Å². The molecular weight excluding hydrogens is 508 g/mol. The zero-order chi connectivity index (χ0) is 20.1. The summed E-state index contributed by atoms with van der Waals surface area (Å²) in [4.78, 5) is 11.0. The molecule has 0 saturated carbocycles. The van der Waals surface area contributed by atoms with Crippen LogP contribution >= 0.6 is 43.5 Å². The summed E-state index contributed by atoms with van der Waals surface area (Å²) in [5.74, 6) is -0.157. The van der Waals surface area contributed by atoms with Gasteiger partial charge in [-0.2, -0.15) is 0 Å². The Bertz CT molecular complexity index is 988. The number of ether oxygens (including phenoxy) is 1. The van der Waals surface area contributed by atoms with Crippen molar-refractivity contribution < 1.29 is 14.6 Å². The second kappa shape index (κ2) is 9.59. The van der Waals surface area contributed by atoms with Crippen molar-refractivity contribution in [3.63, 3.8) is 0 Å². The van der Waals surface area contributed by atoms with Gasteiger partial charge in [-0.05, 0) is 70.2 Å². The summed E-state index contributed by atoms with van der Waals surface area (Å²) in [6.45, 7) is 0.433. The van der Waals surface area contributed by atoms with Crippen LogP contribution in [-0.2, 0) is 19.4 Å². The second-order valence-electron chi connectivity index (χ2n) is 6.26. The van der Waals surface area contributed by atoms with Crippen molar-refractivity contribution in [2.24, 2.45) is 0 Å². The van der Waals surface area contributed by atoms with E-state index < -0.39 is 5.97 Å². The number of hydrogen-bond acceptors (Lipinski definition) is 2. The number of aryl methyl sites for hydroxylation is 2. The SMILES string of the molecule is O=C(O)c1ccc(CCc2cc(Cl)cc(Br)c2OCc2ccccc2Br)cc1. The lowest BCUT2D eigenvalue weighted by atomic mass is 10.0. The van der Waals surface area contributed by atoms with E-state index in [2.05, 4.69) is 31.9 Å². The zero-order valence-electron chi connectivity index (χ0n) is 14.8. The lowest BCUT2D eigenvalue weighted by molar-refractivity contribution is 0.0697. The minimum Gasteiger partial charge on any atom is -0.487 e. The number of carbonyl (C=O) groups is 1. The van der Waals surface area contributed by atoms with Crippen LogP contribution in [0.15, 0.2) is 69.6 Å². The number of halogens is 3. The standard InChI is InChI=1S/C22H17Br2ClO3/c23-19-4-2-1-3-17(19)13-28-21-16(11-18(25)12-20(21)24)10-7-14-5-8-15(9-6-14)22(26)27/h1-6,8-9,11-12H,7,10,13H2,(H,26,27). The van der Waals surface area contributed by atoms with Crippen LogP contribution in [0.3, 0.4) is 0 Å². The molecule has 1 N–H and O–H groups in total. The lowest BCUT2D eigenvalue weighted by Crippen LogP contribution is -2.02. The average Bonchev–Trinajstić information content (AvgIpc) is 2.67. The second-order valence-corrected chi connectivity index (χ2v) is 8.40. The molecule has 0 unspecified atom stereocenters. The third kappa shape index (κ3) is 5.37. The Labute approximate surface area is 185 Å². The summed E-state index contributed by atoms with van der Waals surface area (Å²) in [5, 5.41) is 9.65. The lowest BCUT2D eigenvalue weighted by Gasteiger charge is -2.15. The first-order valence-electron chi connectivity index (χ1n) is 8.60. The molecule has 28 heavy (non-hydrogen) atoms. The molecule has 0 aliphatic rings. The third-order valence-electron chi connectivity index (χ3n) is 4.30. The molecule has 0 aliphatic carbocycles. The zero-order valence-corrected chi connectivity index (χ0v) is 18.7. The topological polar surface area (TPSA) is 46.5 Å². The van der Waals surface area contributed by atoms with Gasteiger partial charge >= 0.3 is 5.97 Å². The van der Waals surface area contributed by atoms with Crippen molar-refractivity contribution in [1.82, 2.24) is 0 Å². The van der Waals surface area contributed by atoms with Gasteiger partial charge in [-0.25, -0.2) is 4.79 Å². The van der Waals surface area contributed by atoms with Gasteiger partial charge in [-0.15, -0.1) is 0 Å². The van der Waals surface area contributed by atoms with Gasteiger partial charge in [0.05, 0.1) is 10.0 Å². The van der Waals surface area contributed by atoms with Crippen LogP contribution in [0, 0.1) is 0 Å². The van der Waals surface area contributed by atoms with Crippen LogP contribution in [-0.4, -0.2) is 11.1 Å². The highest BCUT2D eigenvalue weighted by atomic mass is 79.9. The number of benzene rings is 3. The number of carboxylic acids is 1. The van der Waals surface area contributed by atoms with E-state index in [1.165, 1.54) is 0 Å². The summed E-state index contributed by atoms with van der Waals surface area (Å²) in [5.41, 5.74) is 3.39. The van der Waals surface area contributed by atoms with Gasteiger partial charge in [0.1, 0.15) is 12.4 Å². The molecule has 6 heteroatoms. The molecule has 0 fully saturated rings. The molecule has 0 aromatic heterocycles. The maximum atomic E-state index is 11.0. The van der Waals surface area contributed by atoms with E-state index in [9.17, 15) is 4.79 Å². The van der Waals surface area contributed by atoms with E-state index in [0.717, 1.165) is 44.2 Å². The molecule has 3 rings (SSSR count). The fourth-order valence-corrected chi connectivity index (χ4v) is 4.21. The predicted octanol–water partition coefficient (Wildman–Crippen LogP) is 6.93. The smallest absolute Gasteiger partial charge is 0.335 e. The highest BCUT2D eigenvalue weighted by Gasteiger charge is 2.12. The van der Waals surface area contributed by atoms with Crippen molar-refractivity contribution in [2.45, 2.75) is 19.4 Å². The molecule has 3 nitrogen and oxygen atoms in total. The Kier molecular flexibility index (Phi) is 7.16. The molecule has 0 bridgehead atoms. The normalized spacial score (nSPS) is 10.7. The van der Waals surface area contributed by atoms with E-state index in [1.807, 2.05) is 48.5 Å². The van der Waals surface area contributed by atoms with Gasteiger partial charge in [0.2, 0.25) is 0 Å². The molecular formula is C22H17Br2ClO3.